The lowest BCUT2D eigenvalue weighted by molar-refractivity contribution is 0.101. The highest BCUT2D eigenvalue weighted by Gasteiger charge is 2.06. The number of Topliss-reactive ketones (excluding diaryl/α,β-unsaturated/α-hetero) is 1. The van der Waals surface area contributed by atoms with Gasteiger partial charge in [-0.05, 0) is 57.3 Å². The summed E-state index contributed by atoms with van der Waals surface area (Å²) in [6, 6.07) is 6.35. The third-order valence-electron chi connectivity index (χ3n) is 3.82. The van der Waals surface area contributed by atoms with E-state index in [1.165, 1.54) is 43.2 Å². The van der Waals surface area contributed by atoms with E-state index < -0.39 is 0 Å². The van der Waals surface area contributed by atoms with Gasteiger partial charge in [0.15, 0.2) is 5.78 Å². The van der Waals surface area contributed by atoms with Crippen molar-refractivity contribution < 1.29 is 4.79 Å². The van der Waals surface area contributed by atoms with E-state index in [0.29, 0.717) is 0 Å². The van der Waals surface area contributed by atoms with Crippen LogP contribution in [0.25, 0.3) is 0 Å². The molecule has 0 aliphatic heterocycles. The molecule has 2 nitrogen and oxygen atoms in total. The number of hydrogen-bond acceptors (Lipinski definition) is 2. The molecule has 0 radical (unpaired) electrons. The Morgan fingerprint density at radius 2 is 1.80 bits per heavy atom. The fourth-order valence-electron chi connectivity index (χ4n) is 2.60. The Kier molecular flexibility index (Phi) is 8.20. The minimum absolute atomic E-state index is 0.179. The van der Waals surface area contributed by atoms with E-state index in [9.17, 15) is 4.79 Å². The monoisotopic (exact) mass is 275 g/mol. The van der Waals surface area contributed by atoms with Crippen LogP contribution in [0.4, 0.5) is 0 Å². The molecule has 0 atom stereocenters. The number of unbranched alkanes of at least 4 members (excludes halogenated alkanes) is 4. The first-order valence-corrected chi connectivity index (χ1v) is 7.96. The highest BCUT2D eigenvalue weighted by atomic mass is 16.1. The first-order valence-electron chi connectivity index (χ1n) is 7.96. The molecule has 2 heteroatoms. The molecule has 0 aliphatic carbocycles. The standard InChI is InChI=1S/C18H29NO/c1-4-17-14-16(11-12-18(17)15(2)20)10-8-6-5-7-9-13-19-3/h11-12,14,19H,4-10,13H2,1-3H3. The summed E-state index contributed by atoms with van der Waals surface area (Å²) in [5.41, 5.74) is 3.47. The van der Waals surface area contributed by atoms with Crippen molar-refractivity contribution in [2.24, 2.45) is 0 Å². The number of ketones is 1. The number of carbonyl (C=O) groups excluding carboxylic acids is 1. The molecule has 1 aromatic carbocycles. The van der Waals surface area contributed by atoms with Crippen molar-refractivity contribution >= 4 is 5.78 Å². The largest absolute Gasteiger partial charge is 0.320 e. The molecule has 20 heavy (non-hydrogen) atoms. The normalized spacial score (nSPS) is 10.8. The number of hydrogen-bond donors (Lipinski definition) is 1. The van der Waals surface area contributed by atoms with Gasteiger partial charge in [-0.15, -0.1) is 0 Å². The zero-order chi connectivity index (χ0) is 14.8. The minimum Gasteiger partial charge on any atom is -0.320 e. The van der Waals surface area contributed by atoms with E-state index in [-0.39, 0.29) is 5.78 Å². The van der Waals surface area contributed by atoms with E-state index in [2.05, 4.69) is 24.4 Å². The topological polar surface area (TPSA) is 29.1 Å². The Hall–Kier alpha value is -1.15. The minimum atomic E-state index is 0.179. The highest BCUT2D eigenvalue weighted by molar-refractivity contribution is 5.95. The third-order valence-corrected chi connectivity index (χ3v) is 3.82. The van der Waals surface area contributed by atoms with Gasteiger partial charge in [-0.3, -0.25) is 4.79 Å². The fourth-order valence-corrected chi connectivity index (χ4v) is 2.60. The summed E-state index contributed by atoms with van der Waals surface area (Å²) in [5.74, 6) is 0.179. The van der Waals surface area contributed by atoms with Crippen LogP contribution in [0.2, 0.25) is 0 Å². The average Bonchev–Trinajstić information content (AvgIpc) is 2.45. The number of benzene rings is 1. The van der Waals surface area contributed by atoms with Gasteiger partial charge in [0.1, 0.15) is 0 Å². The molecule has 1 N–H and O–H groups in total. The van der Waals surface area contributed by atoms with Crippen molar-refractivity contribution in [2.75, 3.05) is 13.6 Å². The van der Waals surface area contributed by atoms with E-state index in [1.807, 2.05) is 13.1 Å². The van der Waals surface area contributed by atoms with E-state index >= 15 is 0 Å². The molecule has 0 spiro atoms. The molecule has 112 valence electrons. The van der Waals surface area contributed by atoms with Crippen molar-refractivity contribution in [3.8, 4) is 0 Å². The van der Waals surface area contributed by atoms with Gasteiger partial charge in [0.05, 0.1) is 0 Å². The van der Waals surface area contributed by atoms with Gasteiger partial charge in [-0.25, -0.2) is 0 Å². The maximum Gasteiger partial charge on any atom is 0.160 e. The van der Waals surface area contributed by atoms with Crippen LogP contribution in [-0.4, -0.2) is 19.4 Å². The zero-order valence-electron chi connectivity index (χ0n) is 13.3. The van der Waals surface area contributed by atoms with Crippen molar-refractivity contribution in [2.45, 2.75) is 58.8 Å². The second kappa shape index (κ2) is 9.71. The van der Waals surface area contributed by atoms with Crippen LogP contribution in [-0.2, 0) is 12.8 Å². The second-order valence-corrected chi connectivity index (χ2v) is 5.52. The Balaban J connectivity index is 2.35. The lowest BCUT2D eigenvalue weighted by Gasteiger charge is -2.08. The zero-order valence-corrected chi connectivity index (χ0v) is 13.3. The number of nitrogens with one attached hydrogen (secondary N) is 1. The Bertz CT molecular complexity index is 412. The maximum absolute atomic E-state index is 11.5. The van der Waals surface area contributed by atoms with Gasteiger partial charge < -0.3 is 5.32 Å². The molecule has 0 aromatic heterocycles. The number of aryl methyl sites for hydroxylation is 2. The molecule has 0 saturated carbocycles. The number of rotatable bonds is 10. The summed E-state index contributed by atoms with van der Waals surface area (Å²) in [5, 5.41) is 3.18. The van der Waals surface area contributed by atoms with Gasteiger partial charge in [-0.2, -0.15) is 0 Å². The molecular formula is C18H29NO. The molecule has 0 aliphatic rings. The summed E-state index contributed by atoms with van der Waals surface area (Å²) >= 11 is 0. The third kappa shape index (κ3) is 5.87. The number of carbonyl (C=O) groups is 1. The summed E-state index contributed by atoms with van der Waals surface area (Å²) in [4.78, 5) is 11.5. The Labute approximate surface area is 124 Å². The molecule has 0 amide bonds. The highest BCUT2D eigenvalue weighted by Crippen LogP contribution is 2.16. The van der Waals surface area contributed by atoms with Crippen LogP contribution >= 0.6 is 0 Å². The van der Waals surface area contributed by atoms with Gasteiger partial charge in [0.25, 0.3) is 0 Å². The van der Waals surface area contributed by atoms with Crippen LogP contribution in [0, 0.1) is 0 Å². The fraction of sp³-hybridized carbons (Fsp3) is 0.611. The van der Waals surface area contributed by atoms with Crippen LogP contribution in [0.5, 0.6) is 0 Å². The molecule has 1 aromatic rings. The average molecular weight is 275 g/mol. The quantitative estimate of drug-likeness (QED) is 0.513. The van der Waals surface area contributed by atoms with Crippen molar-refractivity contribution in [1.82, 2.24) is 5.32 Å². The van der Waals surface area contributed by atoms with Crippen LogP contribution in [0.3, 0.4) is 0 Å². The lowest BCUT2D eigenvalue weighted by atomic mass is 9.97. The molecule has 0 saturated heterocycles. The van der Waals surface area contributed by atoms with Gasteiger partial charge >= 0.3 is 0 Å². The molecular weight excluding hydrogens is 246 g/mol. The summed E-state index contributed by atoms with van der Waals surface area (Å²) in [6.07, 6.45) is 8.56. The van der Waals surface area contributed by atoms with Crippen LogP contribution in [0.1, 0.15) is 67.4 Å². The second-order valence-electron chi connectivity index (χ2n) is 5.52. The van der Waals surface area contributed by atoms with Crippen molar-refractivity contribution in [3.05, 3.63) is 34.9 Å². The van der Waals surface area contributed by atoms with E-state index in [4.69, 9.17) is 0 Å². The predicted molar refractivity (Wildman–Crippen MR) is 86.5 cm³/mol. The first kappa shape index (κ1) is 16.9. The van der Waals surface area contributed by atoms with E-state index in [1.54, 1.807) is 6.92 Å². The van der Waals surface area contributed by atoms with E-state index in [0.717, 1.165) is 24.9 Å². The molecule has 0 unspecified atom stereocenters. The van der Waals surface area contributed by atoms with Gasteiger partial charge in [-0.1, -0.05) is 44.4 Å². The summed E-state index contributed by atoms with van der Waals surface area (Å²) < 4.78 is 0. The summed E-state index contributed by atoms with van der Waals surface area (Å²) in [6.45, 7) is 4.90. The Morgan fingerprint density at radius 3 is 2.45 bits per heavy atom. The molecule has 0 fully saturated rings. The summed E-state index contributed by atoms with van der Waals surface area (Å²) in [7, 11) is 2.01. The first-order chi connectivity index (χ1) is 9.69. The predicted octanol–water partition coefficient (Wildman–Crippen LogP) is 4.16. The van der Waals surface area contributed by atoms with Gasteiger partial charge in [0.2, 0.25) is 0 Å². The van der Waals surface area contributed by atoms with Crippen molar-refractivity contribution in [3.63, 3.8) is 0 Å². The smallest absolute Gasteiger partial charge is 0.160 e. The Morgan fingerprint density at radius 1 is 1.10 bits per heavy atom. The SMILES string of the molecule is CCc1cc(CCCCCCCNC)ccc1C(C)=O. The molecule has 0 bridgehead atoms. The molecule has 0 heterocycles. The van der Waals surface area contributed by atoms with Crippen LogP contribution < -0.4 is 5.32 Å². The van der Waals surface area contributed by atoms with Gasteiger partial charge in [0, 0.05) is 5.56 Å². The van der Waals surface area contributed by atoms with Crippen LogP contribution in [0.15, 0.2) is 18.2 Å². The maximum atomic E-state index is 11.5. The lowest BCUT2D eigenvalue weighted by Crippen LogP contribution is -2.06. The molecule has 1 rings (SSSR count). The van der Waals surface area contributed by atoms with Crippen molar-refractivity contribution in [1.29, 1.82) is 0 Å².